The molecule has 0 radical (unpaired) electrons. The van der Waals surface area contributed by atoms with Gasteiger partial charge in [-0.05, 0) is 59.7 Å². The molecule has 6 nitrogen and oxygen atoms in total. The van der Waals surface area contributed by atoms with Crippen molar-refractivity contribution in [1.82, 2.24) is 0 Å². The highest BCUT2D eigenvalue weighted by Crippen LogP contribution is 2.33. The molecule has 0 saturated heterocycles. The van der Waals surface area contributed by atoms with Crippen LogP contribution in [-0.4, -0.2) is 25.5 Å². The Bertz CT molecular complexity index is 1230. The summed E-state index contributed by atoms with van der Waals surface area (Å²) in [4.78, 5) is 26.5. The van der Waals surface area contributed by atoms with Gasteiger partial charge in [0.25, 0.3) is 0 Å². The van der Waals surface area contributed by atoms with Gasteiger partial charge in [-0.2, -0.15) is 0 Å². The van der Waals surface area contributed by atoms with E-state index in [1.807, 2.05) is 54.6 Å². The van der Waals surface area contributed by atoms with Crippen molar-refractivity contribution in [2.75, 3.05) is 19.0 Å². The number of ether oxygens (including phenoxy) is 2. The molecule has 3 aromatic carbocycles. The van der Waals surface area contributed by atoms with Gasteiger partial charge in [0.05, 0.1) is 26.0 Å². The van der Waals surface area contributed by atoms with Gasteiger partial charge in [-0.1, -0.05) is 42.5 Å². The molecule has 0 aliphatic rings. The van der Waals surface area contributed by atoms with Gasteiger partial charge in [-0.3, -0.25) is 9.59 Å². The molecule has 0 aliphatic carbocycles. The van der Waals surface area contributed by atoms with Crippen LogP contribution in [0.4, 0.5) is 5.69 Å². The standard InChI is InChI=1S/C27H25NO5/c1-3-32-27(30)24(26(29)23-9-6-16-33-23)25(19-11-14-22(31-2)15-12-19)28-21-13-10-18-7-4-5-8-20(18)17-21/h4-17,24-25,28H,3H2,1-2H3. The van der Waals surface area contributed by atoms with Crippen LogP contribution in [0, 0.1) is 5.92 Å². The fourth-order valence-corrected chi connectivity index (χ4v) is 3.83. The summed E-state index contributed by atoms with van der Waals surface area (Å²) < 4.78 is 15.9. The Balaban J connectivity index is 1.78. The van der Waals surface area contributed by atoms with Crippen molar-refractivity contribution in [3.63, 3.8) is 0 Å². The fourth-order valence-electron chi connectivity index (χ4n) is 3.83. The molecule has 0 amide bonds. The summed E-state index contributed by atoms with van der Waals surface area (Å²) in [6, 6.07) is 23.6. The first-order chi connectivity index (χ1) is 16.1. The van der Waals surface area contributed by atoms with Crippen LogP contribution in [0.5, 0.6) is 5.75 Å². The van der Waals surface area contributed by atoms with E-state index in [0.717, 1.165) is 22.0 Å². The molecule has 4 aromatic rings. The number of carbonyl (C=O) groups excluding carboxylic acids is 2. The number of hydrogen-bond acceptors (Lipinski definition) is 6. The third kappa shape index (κ3) is 4.90. The minimum Gasteiger partial charge on any atom is -0.497 e. The van der Waals surface area contributed by atoms with E-state index in [2.05, 4.69) is 5.32 Å². The number of rotatable bonds is 9. The minimum atomic E-state index is -1.16. The van der Waals surface area contributed by atoms with E-state index >= 15 is 0 Å². The number of methoxy groups -OCH3 is 1. The van der Waals surface area contributed by atoms with Crippen molar-refractivity contribution in [2.24, 2.45) is 5.92 Å². The summed E-state index contributed by atoms with van der Waals surface area (Å²) in [5.74, 6) is -1.45. The zero-order valence-corrected chi connectivity index (χ0v) is 18.5. The number of furan rings is 1. The zero-order valence-electron chi connectivity index (χ0n) is 18.5. The van der Waals surface area contributed by atoms with Crippen molar-refractivity contribution in [3.05, 3.63) is 96.4 Å². The zero-order chi connectivity index (χ0) is 23.2. The van der Waals surface area contributed by atoms with Gasteiger partial charge in [0.15, 0.2) is 5.76 Å². The van der Waals surface area contributed by atoms with Crippen LogP contribution in [0.1, 0.15) is 29.1 Å². The van der Waals surface area contributed by atoms with E-state index in [1.54, 1.807) is 38.3 Å². The van der Waals surface area contributed by atoms with Gasteiger partial charge in [-0.15, -0.1) is 0 Å². The minimum absolute atomic E-state index is 0.104. The maximum absolute atomic E-state index is 13.4. The van der Waals surface area contributed by atoms with E-state index < -0.39 is 23.7 Å². The lowest BCUT2D eigenvalue weighted by Crippen LogP contribution is -2.35. The molecule has 6 heteroatoms. The van der Waals surface area contributed by atoms with E-state index in [0.29, 0.717) is 5.75 Å². The third-order valence-electron chi connectivity index (χ3n) is 5.47. The molecule has 0 bridgehead atoms. The third-order valence-corrected chi connectivity index (χ3v) is 5.47. The molecule has 0 spiro atoms. The van der Waals surface area contributed by atoms with E-state index in [1.165, 1.54) is 6.26 Å². The second-order valence-electron chi connectivity index (χ2n) is 7.53. The SMILES string of the molecule is CCOC(=O)C(C(=O)c1ccco1)C(Nc1ccc2ccccc2c1)c1ccc(OC)cc1. The lowest BCUT2D eigenvalue weighted by molar-refractivity contribution is -0.146. The summed E-state index contributed by atoms with van der Waals surface area (Å²) in [5, 5.41) is 5.54. The predicted molar refractivity (Wildman–Crippen MR) is 126 cm³/mol. The average Bonchev–Trinajstić information content (AvgIpc) is 3.39. The van der Waals surface area contributed by atoms with Crippen LogP contribution in [0.2, 0.25) is 0 Å². The maximum Gasteiger partial charge on any atom is 0.319 e. The maximum atomic E-state index is 13.4. The van der Waals surface area contributed by atoms with Crippen LogP contribution >= 0.6 is 0 Å². The summed E-state index contributed by atoms with van der Waals surface area (Å²) in [7, 11) is 1.58. The molecule has 33 heavy (non-hydrogen) atoms. The Morgan fingerprint density at radius 2 is 1.70 bits per heavy atom. The second-order valence-corrected chi connectivity index (χ2v) is 7.53. The summed E-state index contributed by atoms with van der Waals surface area (Å²) >= 11 is 0. The summed E-state index contributed by atoms with van der Waals surface area (Å²) in [6.45, 7) is 1.87. The number of benzene rings is 3. The van der Waals surface area contributed by atoms with Crippen LogP contribution < -0.4 is 10.1 Å². The van der Waals surface area contributed by atoms with Gasteiger partial charge >= 0.3 is 5.97 Å². The number of hydrogen-bond donors (Lipinski definition) is 1. The molecule has 1 heterocycles. The van der Waals surface area contributed by atoms with Crippen molar-refractivity contribution in [2.45, 2.75) is 13.0 Å². The molecular formula is C27H25NO5. The highest BCUT2D eigenvalue weighted by atomic mass is 16.5. The van der Waals surface area contributed by atoms with Crippen molar-refractivity contribution < 1.29 is 23.5 Å². The molecule has 168 valence electrons. The highest BCUT2D eigenvalue weighted by molar-refractivity contribution is 6.08. The monoisotopic (exact) mass is 443 g/mol. The first kappa shape index (κ1) is 22.1. The average molecular weight is 443 g/mol. The Morgan fingerprint density at radius 1 is 0.939 bits per heavy atom. The lowest BCUT2D eigenvalue weighted by Gasteiger charge is -2.27. The second kappa shape index (κ2) is 10.0. The van der Waals surface area contributed by atoms with E-state index in [4.69, 9.17) is 13.9 Å². The quantitative estimate of drug-likeness (QED) is 0.204. The number of Topliss-reactive ketones (excluding diaryl/α,β-unsaturated/α-hetero) is 1. The van der Waals surface area contributed by atoms with Gasteiger partial charge in [-0.25, -0.2) is 0 Å². The molecule has 1 N–H and O–H groups in total. The van der Waals surface area contributed by atoms with E-state index in [-0.39, 0.29) is 12.4 Å². The van der Waals surface area contributed by atoms with Crippen molar-refractivity contribution in [1.29, 1.82) is 0 Å². The lowest BCUT2D eigenvalue weighted by atomic mass is 9.88. The van der Waals surface area contributed by atoms with Gasteiger partial charge in [0, 0.05) is 5.69 Å². The first-order valence-electron chi connectivity index (χ1n) is 10.7. The largest absolute Gasteiger partial charge is 0.497 e. The van der Waals surface area contributed by atoms with Crippen LogP contribution in [0.25, 0.3) is 10.8 Å². The molecule has 0 saturated carbocycles. The summed E-state index contributed by atoms with van der Waals surface area (Å²) in [6.07, 6.45) is 1.41. The van der Waals surface area contributed by atoms with Gasteiger partial charge < -0.3 is 19.2 Å². The first-order valence-corrected chi connectivity index (χ1v) is 10.7. The Hall–Kier alpha value is -4.06. The van der Waals surface area contributed by atoms with Gasteiger partial charge in [0.1, 0.15) is 11.7 Å². The molecule has 0 fully saturated rings. The van der Waals surface area contributed by atoms with Crippen LogP contribution in [0.3, 0.4) is 0 Å². The summed E-state index contributed by atoms with van der Waals surface area (Å²) in [5.41, 5.74) is 1.51. The molecule has 4 rings (SSSR count). The number of esters is 1. The van der Waals surface area contributed by atoms with Gasteiger partial charge in [0.2, 0.25) is 5.78 Å². The Morgan fingerprint density at radius 3 is 2.36 bits per heavy atom. The normalized spacial score (nSPS) is 12.7. The van der Waals surface area contributed by atoms with E-state index in [9.17, 15) is 9.59 Å². The highest BCUT2D eigenvalue weighted by Gasteiger charge is 2.39. The van der Waals surface area contributed by atoms with Crippen LogP contribution in [0.15, 0.2) is 89.5 Å². The molecule has 2 atom stereocenters. The molecule has 2 unspecified atom stereocenters. The Kier molecular flexibility index (Phi) is 6.74. The topological polar surface area (TPSA) is 77.8 Å². The number of ketones is 1. The smallest absolute Gasteiger partial charge is 0.319 e. The van der Waals surface area contributed by atoms with Crippen molar-refractivity contribution in [3.8, 4) is 5.75 Å². The number of anilines is 1. The molecular weight excluding hydrogens is 418 g/mol. The molecule has 0 aliphatic heterocycles. The predicted octanol–water partition coefficient (Wildman–Crippen LogP) is 5.66. The number of nitrogens with one attached hydrogen (secondary N) is 1. The number of carbonyl (C=O) groups is 2. The fraction of sp³-hybridized carbons (Fsp3) is 0.185. The molecule has 1 aromatic heterocycles. The van der Waals surface area contributed by atoms with Crippen LogP contribution in [-0.2, 0) is 9.53 Å². The number of fused-ring (bicyclic) bond motifs is 1. The van der Waals surface area contributed by atoms with Crippen molar-refractivity contribution >= 4 is 28.2 Å². The Labute approximate surface area is 192 Å².